The lowest BCUT2D eigenvalue weighted by Crippen LogP contribution is -2.56. The van der Waals surface area contributed by atoms with Gasteiger partial charge in [-0.2, -0.15) is 0 Å². The molecular weight excluding hydrogens is 302 g/mol. The maximum Gasteiger partial charge on any atom is 0.244 e. The van der Waals surface area contributed by atoms with Crippen molar-refractivity contribution in [2.24, 2.45) is 0 Å². The molecule has 2 atom stereocenters. The molecule has 1 aromatic rings. The van der Waals surface area contributed by atoms with Crippen LogP contribution in [0.1, 0.15) is 55.7 Å². The van der Waals surface area contributed by atoms with Crippen molar-refractivity contribution < 1.29 is 9.53 Å². The molecule has 2 spiro atoms. The molecule has 2 unspecified atom stereocenters. The number of rotatable bonds is 4. The minimum absolute atomic E-state index is 0.209. The van der Waals surface area contributed by atoms with Gasteiger partial charge in [0.1, 0.15) is 5.54 Å². The minimum Gasteiger partial charge on any atom is -0.383 e. The normalized spacial score (nSPS) is 31.2. The van der Waals surface area contributed by atoms with E-state index in [1.54, 1.807) is 7.11 Å². The number of nitrogens with one attached hydrogen (secondary N) is 1. The molecule has 5 heteroatoms. The summed E-state index contributed by atoms with van der Waals surface area (Å²) in [5, 5.41) is 3.78. The van der Waals surface area contributed by atoms with Crippen molar-refractivity contribution in [1.29, 1.82) is 0 Å². The fraction of sp³-hybridized carbons (Fsp3) is 0.684. The number of ether oxygens (including phenoxy) is 1. The third-order valence-corrected chi connectivity index (χ3v) is 6.08. The fourth-order valence-electron chi connectivity index (χ4n) is 4.75. The van der Waals surface area contributed by atoms with Crippen LogP contribution in [0.25, 0.3) is 0 Å². The molecule has 0 aromatic carbocycles. The maximum absolute atomic E-state index is 13.0. The van der Waals surface area contributed by atoms with Crippen molar-refractivity contribution in [3.8, 4) is 0 Å². The van der Waals surface area contributed by atoms with Gasteiger partial charge in [0.15, 0.2) is 0 Å². The molecule has 5 nitrogen and oxygen atoms in total. The van der Waals surface area contributed by atoms with Gasteiger partial charge in [-0.1, -0.05) is 6.07 Å². The van der Waals surface area contributed by atoms with Gasteiger partial charge in [0.2, 0.25) is 5.91 Å². The Morgan fingerprint density at radius 3 is 2.96 bits per heavy atom. The van der Waals surface area contributed by atoms with E-state index in [-0.39, 0.29) is 17.1 Å². The number of aryl methyl sites for hydroxylation is 1. The van der Waals surface area contributed by atoms with Crippen molar-refractivity contribution in [2.75, 3.05) is 20.3 Å². The van der Waals surface area contributed by atoms with Crippen LogP contribution in [0, 0.1) is 6.92 Å². The molecule has 0 radical (unpaired) electrons. The highest BCUT2D eigenvalue weighted by Gasteiger charge is 2.65. The van der Waals surface area contributed by atoms with E-state index in [0.717, 1.165) is 38.5 Å². The number of amides is 1. The van der Waals surface area contributed by atoms with Crippen molar-refractivity contribution in [2.45, 2.75) is 62.6 Å². The van der Waals surface area contributed by atoms with E-state index in [4.69, 9.17) is 4.74 Å². The largest absolute Gasteiger partial charge is 0.383 e. The van der Waals surface area contributed by atoms with Crippen LogP contribution in [0.5, 0.6) is 0 Å². The Morgan fingerprint density at radius 1 is 1.42 bits per heavy atom. The SMILES string of the molecule is COCCN1C(=O)C2(CC2)NC12CCCC(c1ncccc1C)C2. The first-order valence-corrected chi connectivity index (χ1v) is 9.12. The quantitative estimate of drug-likeness (QED) is 0.921. The molecule has 1 aromatic heterocycles. The zero-order valence-electron chi connectivity index (χ0n) is 14.7. The first-order chi connectivity index (χ1) is 11.6. The number of aromatic nitrogens is 1. The molecule has 3 fully saturated rings. The van der Waals surface area contributed by atoms with Crippen molar-refractivity contribution in [1.82, 2.24) is 15.2 Å². The van der Waals surface area contributed by atoms with Crippen molar-refractivity contribution in [3.63, 3.8) is 0 Å². The third kappa shape index (κ3) is 2.45. The Balaban J connectivity index is 1.63. The smallest absolute Gasteiger partial charge is 0.244 e. The molecule has 1 amide bonds. The second kappa shape index (κ2) is 5.81. The molecule has 1 aliphatic heterocycles. The lowest BCUT2D eigenvalue weighted by Gasteiger charge is -2.44. The van der Waals surface area contributed by atoms with Gasteiger partial charge < -0.3 is 9.64 Å². The van der Waals surface area contributed by atoms with E-state index in [1.807, 2.05) is 12.3 Å². The Morgan fingerprint density at radius 2 is 2.25 bits per heavy atom. The van der Waals surface area contributed by atoms with Gasteiger partial charge in [-0.3, -0.25) is 15.1 Å². The topological polar surface area (TPSA) is 54.5 Å². The summed E-state index contributed by atoms with van der Waals surface area (Å²) in [5.41, 5.74) is 1.98. The van der Waals surface area contributed by atoms with Gasteiger partial charge in [-0.05, 0) is 57.1 Å². The Kier molecular flexibility index (Phi) is 3.88. The average molecular weight is 329 g/mol. The van der Waals surface area contributed by atoms with E-state index in [2.05, 4.69) is 28.2 Å². The highest BCUT2D eigenvalue weighted by Crippen LogP contribution is 2.51. The van der Waals surface area contributed by atoms with Crippen molar-refractivity contribution in [3.05, 3.63) is 29.6 Å². The van der Waals surface area contributed by atoms with Gasteiger partial charge in [0, 0.05) is 31.5 Å². The van der Waals surface area contributed by atoms with E-state index in [0.29, 0.717) is 19.1 Å². The van der Waals surface area contributed by atoms with E-state index in [1.165, 1.54) is 11.3 Å². The second-order valence-corrected chi connectivity index (χ2v) is 7.69. The summed E-state index contributed by atoms with van der Waals surface area (Å²) in [6.45, 7) is 3.42. The molecular formula is C19H27N3O2. The summed E-state index contributed by atoms with van der Waals surface area (Å²) in [6, 6.07) is 4.14. The number of carbonyl (C=O) groups excluding carboxylic acids is 1. The molecule has 0 bridgehead atoms. The predicted octanol–water partition coefficient (Wildman–Crippen LogP) is 2.35. The number of hydrogen-bond donors (Lipinski definition) is 1. The minimum atomic E-state index is -0.269. The first kappa shape index (κ1) is 16.0. The van der Waals surface area contributed by atoms with E-state index >= 15 is 0 Å². The standard InChI is InChI=1S/C19H27N3O2/c1-14-5-4-10-20-16(14)15-6-3-7-19(13-15)21-18(8-9-18)17(23)22(19)11-12-24-2/h4-5,10,15,21H,3,6-9,11-13H2,1-2H3. The van der Waals surface area contributed by atoms with Gasteiger partial charge in [0.25, 0.3) is 0 Å². The molecule has 4 rings (SSSR count). The number of nitrogens with zero attached hydrogens (tertiary/aromatic N) is 2. The molecule has 130 valence electrons. The lowest BCUT2D eigenvalue weighted by atomic mass is 9.78. The number of carbonyl (C=O) groups is 1. The summed E-state index contributed by atoms with van der Waals surface area (Å²) < 4.78 is 5.27. The molecule has 24 heavy (non-hydrogen) atoms. The van der Waals surface area contributed by atoms with Gasteiger partial charge in [0.05, 0.1) is 12.3 Å². The van der Waals surface area contributed by atoms with Crippen molar-refractivity contribution >= 4 is 5.91 Å². The average Bonchev–Trinajstić information content (AvgIpc) is 3.32. The maximum atomic E-state index is 13.0. The Bertz CT molecular complexity index is 643. The number of hydrogen-bond acceptors (Lipinski definition) is 4. The van der Waals surface area contributed by atoms with E-state index < -0.39 is 0 Å². The van der Waals surface area contributed by atoms with Crippen LogP contribution in [-0.2, 0) is 9.53 Å². The molecule has 2 saturated carbocycles. The summed E-state index contributed by atoms with van der Waals surface area (Å²) in [7, 11) is 1.70. The summed E-state index contributed by atoms with van der Waals surface area (Å²) in [5.74, 6) is 0.706. The Labute approximate surface area is 143 Å². The Hall–Kier alpha value is -1.46. The predicted molar refractivity (Wildman–Crippen MR) is 91.6 cm³/mol. The van der Waals surface area contributed by atoms with Gasteiger partial charge in [-0.15, -0.1) is 0 Å². The van der Waals surface area contributed by atoms with Crippen LogP contribution in [0.3, 0.4) is 0 Å². The summed E-state index contributed by atoms with van der Waals surface area (Å²) >= 11 is 0. The van der Waals surface area contributed by atoms with Crippen LogP contribution in [-0.4, -0.2) is 47.3 Å². The highest BCUT2D eigenvalue weighted by molar-refractivity contribution is 5.92. The number of methoxy groups -OCH3 is 1. The zero-order chi connectivity index (χ0) is 16.8. The monoisotopic (exact) mass is 329 g/mol. The van der Waals surface area contributed by atoms with Crippen LogP contribution in [0.15, 0.2) is 18.3 Å². The van der Waals surface area contributed by atoms with Crippen LogP contribution >= 0.6 is 0 Å². The number of pyridine rings is 1. The third-order valence-electron chi connectivity index (χ3n) is 6.08. The van der Waals surface area contributed by atoms with Crippen LogP contribution in [0.4, 0.5) is 0 Å². The molecule has 2 aliphatic carbocycles. The van der Waals surface area contributed by atoms with E-state index in [9.17, 15) is 4.79 Å². The summed E-state index contributed by atoms with van der Waals surface area (Å²) in [4.78, 5) is 19.7. The van der Waals surface area contributed by atoms with Gasteiger partial charge >= 0.3 is 0 Å². The first-order valence-electron chi connectivity index (χ1n) is 9.12. The molecule has 2 heterocycles. The highest BCUT2D eigenvalue weighted by atomic mass is 16.5. The zero-order valence-corrected chi connectivity index (χ0v) is 14.7. The molecule has 1 saturated heterocycles. The van der Waals surface area contributed by atoms with Crippen LogP contribution < -0.4 is 5.32 Å². The fourth-order valence-corrected chi connectivity index (χ4v) is 4.75. The second-order valence-electron chi connectivity index (χ2n) is 7.69. The van der Waals surface area contributed by atoms with Crippen LogP contribution in [0.2, 0.25) is 0 Å². The molecule has 3 aliphatic rings. The lowest BCUT2D eigenvalue weighted by molar-refractivity contribution is -0.134. The van der Waals surface area contributed by atoms with Gasteiger partial charge in [-0.25, -0.2) is 0 Å². The summed E-state index contributed by atoms with van der Waals surface area (Å²) in [6.07, 6.45) is 8.12. The molecule has 1 N–H and O–H groups in total.